The van der Waals surface area contributed by atoms with E-state index in [1.807, 2.05) is 25.7 Å². The van der Waals surface area contributed by atoms with Gasteiger partial charge in [0.2, 0.25) is 10.0 Å². The van der Waals surface area contributed by atoms with Crippen molar-refractivity contribution in [3.8, 4) is 0 Å². The number of rotatable bonds is 6. The van der Waals surface area contributed by atoms with Gasteiger partial charge < -0.3 is 10.6 Å². The molecule has 1 aromatic rings. The van der Waals surface area contributed by atoms with E-state index in [2.05, 4.69) is 4.72 Å². The van der Waals surface area contributed by atoms with Gasteiger partial charge in [-0.2, -0.15) is 0 Å². The highest BCUT2D eigenvalue weighted by molar-refractivity contribution is 7.89. The smallest absolute Gasteiger partial charge is 0.254 e. The summed E-state index contributed by atoms with van der Waals surface area (Å²) in [4.78, 5) is 14.6. The minimum Gasteiger partial charge on any atom is -0.336 e. The lowest BCUT2D eigenvalue weighted by molar-refractivity contribution is 0.0743. The van der Waals surface area contributed by atoms with E-state index in [9.17, 15) is 13.2 Å². The number of hydrogen-bond acceptors (Lipinski definition) is 4. The number of hydrogen-bond donors (Lipinski definition) is 2. The molecule has 1 amide bonds. The van der Waals surface area contributed by atoms with E-state index in [1.165, 1.54) is 12.1 Å². The molecule has 1 fully saturated rings. The summed E-state index contributed by atoms with van der Waals surface area (Å²) in [7, 11) is -3.55. The third-order valence-corrected chi connectivity index (χ3v) is 6.24. The molecule has 6 nitrogen and oxygen atoms in total. The van der Waals surface area contributed by atoms with Crippen LogP contribution in [0, 0.1) is 5.92 Å². The fourth-order valence-electron chi connectivity index (χ4n) is 2.95. The fourth-order valence-corrected chi connectivity index (χ4v) is 4.28. The minimum absolute atomic E-state index is 0. The second-order valence-electron chi connectivity index (χ2n) is 6.60. The molecule has 1 aliphatic rings. The highest BCUT2D eigenvalue weighted by Crippen LogP contribution is 2.24. The van der Waals surface area contributed by atoms with Gasteiger partial charge in [0.05, 0.1) is 4.90 Å². The van der Waals surface area contributed by atoms with Gasteiger partial charge in [-0.25, -0.2) is 13.1 Å². The van der Waals surface area contributed by atoms with Gasteiger partial charge in [0, 0.05) is 24.2 Å². The Morgan fingerprint density at radius 1 is 1.36 bits per heavy atom. The van der Waals surface area contributed by atoms with Crippen LogP contribution in [0.3, 0.4) is 0 Å². The van der Waals surface area contributed by atoms with Gasteiger partial charge in [-0.15, -0.1) is 12.4 Å². The first-order valence-corrected chi connectivity index (χ1v) is 9.90. The van der Waals surface area contributed by atoms with Gasteiger partial charge in [-0.3, -0.25) is 4.79 Å². The van der Waals surface area contributed by atoms with E-state index in [0.29, 0.717) is 31.0 Å². The zero-order chi connectivity index (χ0) is 17.9. The first-order chi connectivity index (χ1) is 11.3. The van der Waals surface area contributed by atoms with E-state index < -0.39 is 10.0 Å². The number of benzene rings is 1. The molecule has 0 aromatic heterocycles. The number of sulfonamides is 1. The standard InChI is InChI=1S/C17H27N3O3S.ClH/c1-4-12(2)19-24(22,23)16-7-5-15(6-8-16)17(21)20-11-14(10-18)9-13(20)3;/h5-8,12-14,19H,4,9-11,18H2,1-3H3;1H. The highest BCUT2D eigenvalue weighted by Gasteiger charge is 2.32. The molecule has 2 rings (SSSR count). The van der Waals surface area contributed by atoms with Crippen molar-refractivity contribution < 1.29 is 13.2 Å². The molecule has 3 atom stereocenters. The number of amides is 1. The summed E-state index contributed by atoms with van der Waals surface area (Å²) in [5, 5.41) is 0. The molecule has 1 aliphatic heterocycles. The average molecular weight is 390 g/mol. The number of halogens is 1. The van der Waals surface area contributed by atoms with Gasteiger partial charge in [0.15, 0.2) is 0 Å². The number of likely N-dealkylation sites (tertiary alicyclic amines) is 1. The van der Waals surface area contributed by atoms with Crippen molar-refractivity contribution in [2.45, 2.75) is 50.6 Å². The Balaban J connectivity index is 0.00000312. The van der Waals surface area contributed by atoms with Crippen LogP contribution in [0.2, 0.25) is 0 Å². The van der Waals surface area contributed by atoms with Crippen LogP contribution in [0.4, 0.5) is 0 Å². The molecular weight excluding hydrogens is 362 g/mol. The van der Waals surface area contributed by atoms with Gasteiger partial charge in [-0.05, 0) is 63.4 Å². The average Bonchev–Trinajstić information content (AvgIpc) is 2.94. The first-order valence-electron chi connectivity index (χ1n) is 8.42. The number of carbonyl (C=O) groups is 1. The summed E-state index contributed by atoms with van der Waals surface area (Å²) < 4.78 is 27.1. The maximum absolute atomic E-state index is 12.6. The van der Waals surface area contributed by atoms with Crippen LogP contribution in [-0.2, 0) is 10.0 Å². The van der Waals surface area contributed by atoms with E-state index in [0.717, 1.165) is 6.42 Å². The Hall–Kier alpha value is -1.15. The van der Waals surface area contributed by atoms with Gasteiger partial charge >= 0.3 is 0 Å². The van der Waals surface area contributed by atoms with Crippen LogP contribution in [0.1, 0.15) is 44.0 Å². The maximum atomic E-state index is 12.6. The second kappa shape index (κ2) is 8.98. The molecule has 1 heterocycles. The Bertz CT molecular complexity index is 679. The quantitative estimate of drug-likeness (QED) is 0.778. The van der Waals surface area contributed by atoms with Crippen LogP contribution in [0.15, 0.2) is 29.2 Å². The lowest BCUT2D eigenvalue weighted by Gasteiger charge is -2.21. The molecule has 3 unspecified atom stereocenters. The topological polar surface area (TPSA) is 92.5 Å². The van der Waals surface area contributed by atoms with Crippen LogP contribution in [0.5, 0.6) is 0 Å². The molecule has 8 heteroatoms. The fraction of sp³-hybridized carbons (Fsp3) is 0.588. The molecule has 0 saturated carbocycles. The lowest BCUT2D eigenvalue weighted by atomic mass is 10.1. The number of nitrogens with two attached hydrogens (primary N) is 1. The molecule has 1 aromatic carbocycles. The molecule has 3 N–H and O–H groups in total. The van der Waals surface area contributed by atoms with Crippen molar-refractivity contribution in [3.63, 3.8) is 0 Å². The summed E-state index contributed by atoms with van der Waals surface area (Å²) in [6, 6.07) is 6.15. The number of nitrogens with one attached hydrogen (secondary N) is 1. The SMILES string of the molecule is CCC(C)NS(=O)(=O)c1ccc(C(=O)N2CC(CN)CC2C)cc1.Cl. The van der Waals surface area contributed by atoms with Crippen molar-refractivity contribution >= 4 is 28.3 Å². The zero-order valence-corrected chi connectivity index (χ0v) is 16.6. The normalized spacial score (nSPS) is 21.7. The van der Waals surface area contributed by atoms with Crippen molar-refractivity contribution in [2.75, 3.05) is 13.1 Å². The largest absolute Gasteiger partial charge is 0.336 e. The van der Waals surface area contributed by atoms with Crippen molar-refractivity contribution in [1.82, 2.24) is 9.62 Å². The molecule has 25 heavy (non-hydrogen) atoms. The van der Waals surface area contributed by atoms with Gasteiger partial charge in [-0.1, -0.05) is 6.92 Å². The zero-order valence-electron chi connectivity index (χ0n) is 14.9. The van der Waals surface area contributed by atoms with Crippen LogP contribution < -0.4 is 10.5 Å². The summed E-state index contributed by atoms with van der Waals surface area (Å²) in [5.74, 6) is 0.264. The molecule has 142 valence electrons. The molecule has 0 spiro atoms. The monoisotopic (exact) mass is 389 g/mol. The number of nitrogens with zero attached hydrogens (tertiary/aromatic N) is 1. The Morgan fingerprint density at radius 3 is 2.44 bits per heavy atom. The summed E-state index contributed by atoms with van der Waals surface area (Å²) >= 11 is 0. The summed E-state index contributed by atoms with van der Waals surface area (Å²) in [6.07, 6.45) is 1.62. The maximum Gasteiger partial charge on any atom is 0.254 e. The van der Waals surface area contributed by atoms with E-state index in [1.54, 1.807) is 12.1 Å². The molecular formula is C17H28ClN3O3S. The van der Waals surface area contributed by atoms with E-state index in [-0.39, 0.29) is 35.3 Å². The van der Waals surface area contributed by atoms with Gasteiger partial charge in [0.1, 0.15) is 0 Å². The van der Waals surface area contributed by atoms with E-state index in [4.69, 9.17) is 5.73 Å². The van der Waals surface area contributed by atoms with Crippen LogP contribution >= 0.6 is 12.4 Å². The van der Waals surface area contributed by atoms with E-state index >= 15 is 0 Å². The van der Waals surface area contributed by atoms with Crippen molar-refractivity contribution in [3.05, 3.63) is 29.8 Å². The lowest BCUT2D eigenvalue weighted by Crippen LogP contribution is -2.34. The van der Waals surface area contributed by atoms with Crippen LogP contribution in [-0.4, -0.2) is 44.4 Å². The van der Waals surface area contributed by atoms with Crippen LogP contribution in [0.25, 0.3) is 0 Å². The number of carbonyl (C=O) groups excluding carboxylic acids is 1. The third-order valence-electron chi connectivity index (χ3n) is 4.64. The first kappa shape index (κ1) is 21.9. The summed E-state index contributed by atoms with van der Waals surface area (Å²) in [6.45, 7) is 6.99. The van der Waals surface area contributed by atoms with Crippen molar-refractivity contribution in [1.29, 1.82) is 0 Å². The molecule has 1 saturated heterocycles. The molecule has 0 radical (unpaired) electrons. The molecule has 0 aliphatic carbocycles. The van der Waals surface area contributed by atoms with Crippen molar-refractivity contribution in [2.24, 2.45) is 11.7 Å². The third kappa shape index (κ3) is 5.17. The Morgan fingerprint density at radius 2 is 1.96 bits per heavy atom. The highest BCUT2D eigenvalue weighted by atomic mass is 35.5. The Kier molecular flexibility index (Phi) is 7.87. The molecule has 0 bridgehead atoms. The predicted molar refractivity (Wildman–Crippen MR) is 101 cm³/mol. The second-order valence-corrected chi connectivity index (χ2v) is 8.31. The summed E-state index contributed by atoms with van der Waals surface area (Å²) in [5.41, 5.74) is 6.21. The Labute approximate surface area is 156 Å². The predicted octanol–water partition coefficient (Wildman–Crippen LogP) is 1.99. The minimum atomic E-state index is -3.55. The van der Waals surface area contributed by atoms with Gasteiger partial charge in [0.25, 0.3) is 5.91 Å².